The SMILES string of the molecule is CC(C)CCCCOP(=O)([O-])[O-].[K+].[K+]. The van der Waals surface area contributed by atoms with E-state index in [1.165, 1.54) is 0 Å². The van der Waals surface area contributed by atoms with Gasteiger partial charge >= 0.3 is 103 Å². The van der Waals surface area contributed by atoms with Crippen molar-refractivity contribution in [3.05, 3.63) is 0 Å². The second-order valence-electron chi connectivity index (χ2n) is 3.17. The summed E-state index contributed by atoms with van der Waals surface area (Å²) >= 11 is 0. The van der Waals surface area contributed by atoms with Gasteiger partial charge in [0.1, 0.15) is 0 Å². The van der Waals surface area contributed by atoms with Crippen LogP contribution in [0.1, 0.15) is 33.1 Å². The van der Waals surface area contributed by atoms with Crippen molar-refractivity contribution in [3.63, 3.8) is 0 Å². The van der Waals surface area contributed by atoms with Crippen LogP contribution in [-0.4, -0.2) is 6.61 Å². The van der Waals surface area contributed by atoms with E-state index in [1.54, 1.807) is 0 Å². The Labute approximate surface area is 171 Å². The van der Waals surface area contributed by atoms with Crippen LogP contribution in [0.3, 0.4) is 0 Å². The van der Waals surface area contributed by atoms with E-state index >= 15 is 0 Å². The summed E-state index contributed by atoms with van der Waals surface area (Å²) in [6.45, 7) is 4.21. The van der Waals surface area contributed by atoms with Crippen molar-refractivity contribution < 1.29 is 122 Å². The van der Waals surface area contributed by atoms with E-state index in [9.17, 15) is 14.4 Å². The first kappa shape index (κ1) is 22.6. The van der Waals surface area contributed by atoms with Gasteiger partial charge in [0, 0.05) is 0 Å². The van der Waals surface area contributed by atoms with Crippen LogP contribution in [0.15, 0.2) is 0 Å². The molecule has 0 spiro atoms. The van der Waals surface area contributed by atoms with Gasteiger partial charge in [0.25, 0.3) is 0 Å². The molecule has 0 rings (SSSR count). The molecule has 0 amide bonds. The van der Waals surface area contributed by atoms with E-state index in [-0.39, 0.29) is 109 Å². The number of phosphoric ester groups is 1. The van der Waals surface area contributed by atoms with E-state index in [2.05, 4.69) is 18.4 Å². The van der Waals surface area contributed by atoms with Gasteiger partial charge in [-0.05, 0) is 12.3 Å². The summed E-state index contributed by atoms with van der Waals surface area (Å²) in [5, 5.41) is 0. The average molecular weight is 272 g/mol. The zero-order chi connectivity index (χ0) is 9.61. The third-order valence-electron chi connectivity index (χ3n) is 1.43. The van der Waals surface area contributed by atoms with Gasteiger partial charge in [0.05, 0.1) is 14.4 Å². The summed E-state index contributed by atoms with van der Waals surface area (Å²) in [6, 6.07) is 0. The number of rotatable bonds is 6. The Morgan fingerprint density at radius 3 is 2.07 bits per heavy atom. The third-order valence-corrected chi connectivity index (χ3v) is 1.92. The molecular weight excluding hydrogens is 257 g/mol. The van der Waals surface area contributed by atoms with Gasteiger partial charge in [-0.15, -0.1) is 0 Å². The monoisotopic (exact) mass is 272 g/mol. The van der Waals surface area contributed by atoms with Crippen molar-refractivity contribution in [2.24, 2.45) is 5.92 Å². The smallest absolute Gasteiger partial charge is 0.790 e. The maximum absolute atomic E-state index is 9.98. The minimum Gasteiger partial charge on any atom is -0.790 e. The molecule has 0 aliphatic rings. The summed E-state index contributed by atoms with van der Waals surface area (Å²) in [5.41, 5.74) is 0. The van der Waals surface area contributed by atoms with Crippen molar-refractivity contribution in [2.45, 2.75) is 33.1 Å². The van der Waals surface area contributed by atoms with E-state index < -0.39 is 7.82 Å². The molecule has 0 bridgehead atoms. The van der Waals surface area contributed by atoms with Crippen molar-refractivity contribution >= 4 is 7.82 Å². The Balaban J connectivity index is -0.000000605. The minimum absolute atomic E-state index is 0. The molecule has 0 unspecified atom stereocenters. The largest absolute Gasteiger partial charge is 1.00 e. The first-order valence-electron chi connectivity index (χ1n) is 4.08. The summed E-state index contributed by atoms with van der Waals surface area (Å²) in [7, 11) is -4.73. The van der Waals surface area contributed by atoms with Crippen molar-refractivity contribution in [1.82, 2.24) is 0 Å². The van der Waals surface area contributed by atoms with E-state index in [1.807, 2.05) is 0 Å². The van der Waals surface area contributed by atoms with Gasteiger partial charge in [-0.2, -0.15) is 0 Å². The van der Waals surface area contributed by atoms with E-state index in [0.29, 0.717) is 12.3 Å². The number of hydrogen-bond acceptors (Lipinski definition) is 4. The molecule has 7 heteroatoms. The molecule has 0 aliphatic heterocycles. The Morgan fingerprint density at radius 1 is 1.21 bits per heavy atom. The van der Waals surface area contributed by atoms with Crippen LogP contribution in [-0.2, 0) is 9.09 Å². The van der Waals surface area contributed by atoms with Gasteiger partial charge in [-0.3, -0.25) is 0 Å². The minimum atomic E-state index is -4.73. The molecule has 0 aliphatic carbocycles. The fourth-order valence-electron chi connectivity index (χ4n) is 0.831. The number of phosphoric acid groups is 1. The molecule has 0 fully saturated rings. The molecule has 0 saturated carbocycles. The maximum Gasteiger partial charge on any atom is 1.00 e. The molecule has 4 nitrogen and oxygen atoms in total. The van der Waals surface area contributed by atoms with Crippen LogP contribution in [0.5, 0.6) is 0 Å². The number of hydrogen-bond donors (Lipinski definition) is 0. The predicted octanol–water partition coefficient (Wildman–Crippen LogP) is -5.33. The summed E-state index contributed by atoms with van der Waals surface area (Å²) in [6.07, 6.45) is 2.57. The zero-order valence-corrected chi connectivity index (χ0v) is 16.6. The second kappa shape index (κ2) is 12.8. The standard InChI is InChI=1S/C7H17O4P.2K/c1-7(2)5-3-4-6-11-12(8,9)10;;/h7H,3-6H2,1-2H3,(H2,8,9,10);;/q;2*+1/p-2. The predicted molar refractivity (Wildman–Crippen MR) is 42.2 cm³/mol. The first-order valence-corrected chi connectivity index (χ1v) is 5.54. The fourth-order valence-corrected chi connectivity index (χ4v) is 1.18. The first-order chi connectivity index (χ1) is 5.42. The molecule has 0 aromatic carbocycles. The van der Waals surface area contributed by atoms with Crippen LogP contribution in [0.2, 0.25) is 0 Å². The van der Waals surface area contributed by atoms with Crippen LogP contribution < -0.4 is 113 Å². The Hall–Kier alpha value is 3.38. The van der Waals surface area contributed by atoms with Crippen LogP contribution in [0.4, 0.5) is 0 Å². The average Bonchev–Trinajstić information content (AvgIpc) is 1.83. The molecule has 14 heavy (non-hydrogen) atoms. The molecule has 0 N–H and O–H groups in total. The quantitative estimate of drug-likeness (QED) is 0.275. The van der Waals surface area contributed by atoms with Crippen molar-refractivity contribution in [3.8, 4) is 0 Å². The maximum atomic E-state index is 9.98. The second-order valence-corrected chi connectivity index (χ2v) is 4.32. The topological polar surface area (TPSA) is 72.4 Å². The fraction of sp³-hybridized carbons (Fsp3) is 1.00. The zero-order valence-electron chi connectivity index (χ0n) is 9.49. The summed E-state index contributed by atoms with van der Waals surface area (Å²) < 4.78 is 14.0. The Morgan fingerprint density at radius 2 is 1.71 bits per heavy atom. The van der Waals surface area contributed by atoms with Gasteiger partial charge in [0.2, 0.25) is 0 Å². The van der Waals surface area contributed by atoms with Crippen LogP contribution >= 0.6 is 7.82 Å². The molecule has 0 radical (unpaired) electrons. The van der Waals surface area contributed by atoms with Crippen molar-refractivity contribution in [2.75, 3.05) is 6.61 Å². The molecule has 0 atom stereocenters. The van der Waals surface area contributed by atoms with Gasteiger partial charge in [-0.25, -0.2) is 0 Å². The molecule has 74 valence electrons. The van der Waals surface area contributed by atoms with E-state index in [0.717, 1.165) is 12.8 Å². The van der Waals surface area contributed by atoms with Gasteiger partial charge in [-0.1, -0.05) is 26.7 Å². The normalized spacial score (nSPS) is 10.6. The third kappa shape index (κ3) is 20.8. The molecular formula is C7H15K2O4P. The Bertz CT molecular complexity index is 160. The molecule has 0 saturated heterocycles. The molecule has 0 heterocycles. The Kier molecular flexibility index (Phi) is 20.7. The van der Waals surface area contributed by atoms with Gasteiger partial charge in [0.15, 0.2) is 0 Å². The van der Waals surface area contributed by atoms with Crippen LogP contribution in [0.25, 0.3) is 0 Å². The molecule has 0 aromatic heterocycles. The van der Waals surface area contributed by atoms with Crippen molar-refractivity contribution in [1.29, 1.82) is 0 Å². The van der Waals surface area contributed by atoms with Gasteiger partial charge < -0.3 is 18.9 Å². The summed E-state index contributed by atoms with van der Waals surface area (Å²) in [5.74, 6) is 0.608. The molecule has 0 aromatic rings. The number of unbranched alkanes of at least 4 members (excludes halogenated alkanes) is 1. The van der Waals surface area contributed by atoms with Crippen LogP contribution in [0, 0.1) is 5.92 Å². The summed E-state index contributed by atoms with van der Waals surface area (Å²) in [4.78, 5) is 20.0. The van der Waals surface area contributed by atoms with E-state index in [4.69, 9.17) is 0 Å².